The number of piperidine rings is 1. The number of likely N-dealkylation sites (tertiary alicyclic amines) is 1. The summed E-state index contributed by atoms with van der Waals surface area (Å²) in [5, 5.41) is 3.17. The molecule has 6 heteroatoms. The van der Waals surface area contributed by atoms with Gasteiger partial charge in [-0.1, -0.05) is 45.0 Å². The fourth-order valence-corrected chi connectivity index (χ4v) is 6.00. The van der Waals surface area contributed by atoms with Crippen molar-refractivity contribution >= 4 is 17.5 Å². The van der Waals surface area contributed by atoms with Gasteiger partial charge in [0.05, 0.1) is 5.69 Å². The van der Waals surface area contributed by atoms with Crippen molar-refractivity contribution in [3.63, 3.8) is 0 Å². The molecular weight excluding hydrogens is 496 g/mol. The minimum Gasteiger partial charge on any atom is -0.362 e. The van der Waals surface area contributed by atoms with Gasteiger partial charge in [0, 0.05) is 53.5 Å². The molecule has 1 aromatic heterocycles. The number of amides is 2. The Morgan fingerprint density at radius 1 is 0.975 bits per heavy atom. The minimum atomic E-state index is 0.00577. The van der Waals surface area contributed by atoms with Crippen molar-refractivity contribution in [2.75, 3.05) is 31.1 Å². The summed E-state index contributed by atoms with van der Waals surface area (Å²) in [6.07, 6.45) is 3.80. The molecule has 0 unspecified atom stereocenters. The van der Waals surface area contributed by atoms with E-state index in [9.17, 15) is 9.59 Å². The molecule has 2 N–H and O–H groups in total. The number of rotatable bonds is 6. The van der Waals surface area contributed by atoms with Crippen molar-refractivity contribution in [1.82, 2.24) is 15.2 Å². The number of anilines is 1. The van der Waals surface area contributed by atoms with Gasteiger partial charge in [-0.05, 0) is 93.6 Å². The Morgan fingerprint density at radius 3 is 2.45 bits per heavy atom. The molecule has 1 saturated heterocycles. The number of hydrogen-bond acceptors (Lipinski definition) is 3. The smallest absolute Gasteiger partial charge is 0.258 e. The van der Waals surface area contributed by atoms with Crippen LogP contribution in [-0.4, -0.2) is 47.9 Å². The van der Waals surface area contributed by atoms with E-state index in [0.717, 1.165) is 67.0 Å². The van der Waals surface area contributed by atoms with Crippen molar-refractivity contribution in [2.45, 2.75) is 66.8 Å². The Kier molecular flexibility index (Phi) is 8.18. The molecule has 2 amide bonds. The molecule has 0 spiro atoms. The average Bonchev–Trinajstić information content (AvgIpc) is 3.24. The summed E-state index contributed by atoms with van der Waals surface area (Å²) < 4.78 is 0. The number of hydrogen-bond donors (Lipinski definition) is 2. The quantitative estimate of drug-likeness (QED) is 0.387. The molecule has 0 radical (unpaired) electrons. The molecule has 0 saturated carbocycles. The van der Waals surface area contributed by atoms with E-state index in [-0.39, 0.29) is 17.7 Å². The van der Waals surface area contributed by atoms with E-state index in [2.05, 4.69) is 55.0 Å². The number of para-hydroxylation sites is 1. The van der Waals surface area contributed by atoms with Crippen LogP contribution in [0.25, 0.3) is 11.1 Å². The highest BCUT2D eigenvalue weighted by atomic mass is 16.2. The first-order valence-corrected chi connectivity index (χ1v) is 14.8. The lowest BCUT2D eigenvalue weighted by Crippen LogP contribution is -2.41. The van der Waals surface area contributed by atoms with E-state index in [1.54, 1.807) is 0 Å². The van der Waals surface area contributed by atoms with Crippen LogP contribution in [0.4, 0.5) is 5.69 Å². The van der Waals surface area contributed by atoms with Gasteiger partial charge in [-0.15, -0.1) is 0 Å². The number of aryl methyl sites for hydroxylation is 2. The number of H-pyrrole nitrogens is 1. The van der Waals surface area contributed by atoms with Crippen LogP contribution in [0.1, 0.15) is 72.9 Å². The third-order valence-electron chi connectivity index (χ3n) is 8.53. The number of carbonyl (C=O) groups excluding carboxylic acids is 2. The van der Waals surface area contributed by atoms with Gasteiger partial charge in [0.1, 0.15) is 0 Å². The maximum absolute atomic E-state index is 13.8. The Balaban J connectivity index is 1.20. The van der Waals surface area contributed by atoms with E-state index in [1.807, 2.05) is 48.2 Å². The highest BCUT2D eigenvalue weighted by Crippen LogP contribution is 2.37. The van der Waals surface area contributed by atoms with Crippen molar-refractivity contribution in [3.8, 4) is 11.1 Å². The van der Waals surface area contributed by atoms with Crippen LogP contribution in [0.5, 0.6) is 0 Å². The van der Waals surface area contributed by atoms with Crippen molar-refractivity contribution in [2.24, 2.45) is 11.3 Å². The maximum atomic E-state index is 13.8. The molecule has 3 heterocycles. The second-order valence-corrected chi connectivity index (χ2v) is 12.9. The van der Waals surface area contributed by atoms with E-state index < -0.39 is 0 Å². The minimum absolute atomic E-state index is 0.00577. The number of nitrogens with zero attached hydrogens (tertiary/aromatic N) is 2. The topological polar surface area (TPSA) is 68.4 Å². The summed E-state index contributed by atoms with van der Waals surface area (Å²) in [5.41, 5.74) is 8.62. The molecule has 40 heavy (non-hydrogen) atoms. The van der Waals surface area contributed by atoms with E-state index in [4.69, 9.17) is 0 Å². The van der Waals surface area contributed by atoms with Crippen LogP contribution in [0.3, 0.4) is 0 Å². The first-order chi connectivity index (χ1) is 19.1. The zero-order valence-electron chi connectivity index (χ0n) is 24.8. The predicted molar refractivity (Wildman–Crippen MR) is 163 cm³/mol. The SMILES string of the molecule is Cc1cc2c([nH]1)CCN(C(=O)c1ccc(CNC(=O)C3CCN(CCC(C)(C)C)CC3)c(C)c1)c1ccccc1-2. The zero-order valence-corrected chi connectivity index (χ0v) is 24.8. The predicted octanol–water partition coefficient (Wildman–Crippen LogP) is 6.27. The molecule has 3 aromatic rings. The van der Waals surface area contributed by atoms with E-state index in [1.165, 1.54) is 17.7 Å². The Bertz CT molecular complexity index is 1370. The molecular formula is C34H44N4O2. The number of aromatic amines is 1. The second kappa shape index (κ2) is 11.6. The molecule has 5 rings (SSSR count). The monoisotopic (exact) mass is 540 g/mol. The normalized spacial score (nSPS) is 16.3. The lowest BCUT2D eigenvalue weighted by Gasteiger charge is -2.33. The third-order valence-corrected chi connectivity index (χ3v) is 8.53. The van der Waals surface area contributed by atoms with Gasteiger partial charge in [-0.2, -0.15) is 0 Å². The lowest BCUT2D eigenvalue weighted by molar-refractivity contribution is -0.126. The van der Waals surface area contributed by atoms with Crippen LogP contribution < -0.4 is 10.2 Å². The molecule has 1 fully saturated rings. The van der Waals surface area contributed by atoms with Crippen LogP contribution in [0.2, 0.25) is 0 Å². The molecule has 6 nitrogen and oxygen atoms in total. The number of benzene rings is 2. The highest BCUT2D eigenvalue weighted by molar-refractivity contribution is 6.08. The zero-order chi connectivity index (χ0) is 28.4. The molecule has 212 valence electrons. The average molecular weight is 541 g/mol. The fourth-order valence-electron chi connectivity index (χ4n) is 6.00. The van der Waals surface area contributed by atoms with Crippen molar-refractivity contribution < 1.29 is 9.59 Å². The first-order valence-electron chi connectivity index (χ1n) is 14.8. The highest BCUT2D eigenvalue weighted by Gasteiger charge is 2.27. The van der Waals surface area contributed by atoms with Crippen LogP contribution in [0, 0.1) is 25.2 Å². The van der Waals surface area contributed by atoms with Gasteiger partial charge in [-0.25, -0.2) is 0 Å². The summed E-state index contributed by atoms with van der Waals surface area (Å²) >= 11 is 0. The van der Waals surface area contributed by atoms with Gasteiger partial charge < -0.3 is 20.1 Å². The fraction of sp³-hybridized carbons (Fsp3) is 0.471. The Morgan fingerprint density at radius 2 is 1.73 bits per heavy atom. The molecule has 0 bridgehead atoms. The maximum Gasteiger partial charge on any atom is 0.258 e. The largest absolute Gasteiger partial charge is 0.362 e. The second-order valence-electron chi connectivity index (χ2n) is 12.9. The van der Waals surface area contributed by atoms with Crippen LogP contribution >= 0.6 is 0 Å². The van der Waals surface area contributed by atoms with Gasteiger partial charge >= 0.3 is 0 Å². The van der Waals surface area contributed by atoms with E-state index >= 15 is 0 Å². The third kappa shape index (κ3) is 6.33. The Labute approximate surface area is 239 Å². The van der Waals surface area contributed by atoms with Gasteiger partial charge in [0.25, 0.3) is 5.91 Å². The Hall–Kier alpha value is -3.38. The van der Waals surface area contributed by atoms with E-state index in [0.29, 0.717) is 24.1 Å². The van der Waals surface area contributed by atoms with Gasteiger partial charge in [-0.3, -0.25) is 9.59 Å². The molecule has 2 aliphatic heterocycles. The number of carbonyl (C=O) groups is 2. The number of nitrogens with one attached hydrogen (secondary N) is 2. The summed E-state index contributed by atoms with van der Waals surface area (Å²) in [5.74, 6) is 0.236. The van der Waals surface area contributed by atoms with Crippen LogP contribution in [-0.2, 0) is 17.8 Å². The molecule has 2 aromatic carbocycles. The van der Waals surface area contributed by atoms with Crippen LogP contribution in [0.15, 0.2) is 48.5 Å². The van der Waals surface area contributed by atoms with Crippen molar-refractivity contribution in [3.05, 3.63) is 76.6 Å². The standard InChI is InChI=1S/C34H44N4O2/c1-23-20-26(33(40)38-18-14-30-29(21-24(2)36-30)28-8-6-7-9-31(28)38)10-11-27(23)22-35-32(39)25-12-16-37(17-13-25)19-15-34(3,4)5/h6-11,20-21,25,36H,12-19,22H2,1-5H3,(H,35,39). The number of aromatic nitrogens is 1. The summed E-state index contributed by atoms with van der Waals surface area (Å²) in [7, 11) is 0. The lowest BCUT2D eigenvalue weighted by atomic mass is 9.90. The van der Waals surface area contributed by atoms with Gasteiger partial charge in [0.2, 0.25) is 5.91 Å². The summed E-state index contributed by atoms with van der Waals surface area (Å²) in [6.45, 7) is 15.2. The molecule has 0 atom stereocenters. The molecule has 0 aliphatic carbocycles. The van der Waals surface area contributed by atoms with Gasteiger partial charge in [0.15, 0.2) is 0 Å². The molecule has 2 aliphatic rings. The van der Waals surface area contributed by atoms with Crippen molar-refractivity contribution in [1.29, 1.82) is 0 Å². The summed E-state index contributed by atoms with van der Waals surface area (Å²) in [4.78, 5) is 34.6. The first kappa shape index (κ1) is 28.2. The number of fused-ring (bicyclic) bond motifs is 3. The summed E-state index contributed by atoms with van der Waals surface area (Å²) in [6, 6.07) is 16.2.